The molecule has 34 heavy (non-hydrogen) atoms. The predicted octanol–water partition coefficient (Wildman–Crippen LogP) is 4.69. The summed E-state index contributed by atoms with van der Waals surface area (Å²) in [6.07, 6.45) is 3.22. The van der Waals surface area contributed by atoms with Crippen molar-refractivity contribution in [2.75, 3.05) is 5.32 Å². The Balaban J connectivity index is 1.77. The molecular formula is C22H15ClF3N7O. The molecule has 12 heteroatoms. The topological polar surface area (TPSA) is 101 Å². The lowest BCUT2D eigenvalue weighted by molar-refractivity contribution is 0.507. The first-order valence-corrected chi connectivity index (χ1v) is 10.5. The average Bonchev–Trinajstić information content (AvgIpc) is 3.31. The number of nitrogens with one attached hydrogen (secondary N) is 2. The van der Waals surface area contributed by atoms with E-state index in [-0.39, 0.29) is 22.4 Å². The van der Waals surface area contributed by atoms with Gasteiger partial charge in [-0.3, -0.25) is 9.36 Å². The third-order valence-corrected chi connectivity index (χ3v) is 5.73. The van der Waals surface area contributed by atoms with E-state index in [4.69, 9.17) is 11.6 Å². The van der Waals surface area contributed by atoms with Crippen LogP contribution in [0.15, 0.2) is 47.8 Å². The molecule has 5 aromatic rings. The van der Waals surface area contributed by atoms with Crippen molar-refractivity contribution in [2.24, 2.45) is 0 Å². The van der Waals surface area contributed by atoms with Crippen molar-refractivity contribution in [3.8, 4) is 5.69 Å². The lowest BCUT2D eigenvalue weighted by atomic mass is 10.1. The minimum Gasteiger partial charge on any atom is -0.358 e. The summed E-state index contributed by atoms with van der Waals surface area (Å²) in [5, 5.41) is 2.61. The van der Waals surface area contributed by atoms with Crippen molar-refractivity contribution in [3.63, 3.8) is 0 Å². The summed E-state index contributed by atoms with van der Waals surface area (Å²) >= 11 is 6.09. The van der Waals surface area contributed by atoms with Gasteiger partial charge in [0.25, 0.3) is 5.56 Å². The Bertz CT molecular complexity index is 1620. The van der Waals surface area contributed by atoms with Gasteiger partial charge < -0.3 is 10.3 Å². The summed E-state index contributed by atoms with van der Waals surface area (Å²) in [6.45, 7) is 1.84. The SMILES string of the molecule is CC[C@H](Nc1ncnc2[nH]cnc12)c1nc2ccc(F)c(Cl)c2c(=O)n1-c1ccc(F)c(F)c1. The van der Waals surface area contributed by atoms with E-state index in [1.807, 2.05) is 6.92 Å². The maximum atomic E-state index is 14.2. The van der Waals surface area contributed by atoms with Crippen LogP contribution in [0.5, 0.6) is 0 Å². The average molecular weight is 486 g/mol. The fraction of sp³-hybridized carbons (Fsp3) is 0.136. The maximum absolute atomic E-state index is 14.2. The van der Waals surface area contributed by atoms with Crippen LogP contribution >= 0.6 is 11.6 Å². The molecule has 172 valence electrons. The van der Waals surface area contributed by atoms with E-state index < -0.39 is 34.1 Å². The summed E-state index contributed by atoms with van der Waals surface area (Å²) in [7, 11) is 0. The second kappa shape index (κ2) is 8.41. The zero-order valence-electron chi connectivity index (χ0n) is 17.5. The number of halogens is 4. The molecule has 5 rings (SSSR count). The number of imidazole rings is 1. The summed E-state index contributed by atoms with van der Waals surface area (Å²) in [5.74, 6) is -2.50. The molecule has 0 bridgehead atoms. The summed E-state index contributed by atoms with van der Waals surface area (Å²) in [4.78, 5) is 33.5. The first-order chi connectivity index (χ1) is 16.4. The molecule has 0 aliphatic rings. The first kappa shape index (κ1) is 21.8. The number of nitrogens with zero attached hydrogens (tertiary/aromatic N) is 5. The number of hydrogen-bond acceptors (Lipinski definition) is 6. The normalized spacial score (nSPS) is 12.4. The molecule has 0 fully saturated rings. The molecule has 0 aliphatic carbocycles. The Hall–Kier alpha value is -3.99. The van der Waals surface area contributed by atoms with Gasteiger partial charge in [-0.15, -0.1) is 0 Å². The van der Waals surface area contributed by atoms with Crippen LogP contribution < -0.4 is 10.9 Å². The van der Waals surface area contributed by atoms with Gasteiger partial charge in [0.2, 0.25) is 0 Å². The van der Waals surface area contributed by atoms with Gasteiger partial charge in [0.1, 0.15) is 23.5 Å². The van der Waals surface area contributed by atoms with E-state index in [0.717, 1.165) is 22.8 Å². The monoisotopic (exact) mass is 485 g/mol. The van der Waals surface area contributed by atoms with Gasteiger partial charge in [-0.25, -0.2) is 33.1 Å². The molecule has 8 nitrogen and oxygen atoms in total. The van der Waals surface area contributed by atoms with Crippen LogP contribution in [0.25, 0.3) is 27.8 Å². The molecular weight excluding hydrogens is 471 g/mol. The van der Waals surface area contributed by atoms with Crippen molar-refractivity contribution in [1.29, 1.82) is 0 Å². The molecule has 2 N–H and O–H groups in total. The molecule has 0 amide bonds. The molecule has 3 heterocycles. The summed E-state index contributed by atoms with van der Waals surface area (Å²) in [6, 6.07) is 4.79. The molecule has 0 unspecified atom stereocenters. The zero-order chi connectivity index (χ0) is 24.0. The molecule has 3 aromatic heterocycles. The lowest BCUT2D eigenvalue weighted by Gasteiger charge is -2.22. The highest BCUT2D eigenvalue weighted by atomic mass is 35.5. The quantitative estimate of drug-likeness (QED) is 0.374. The molecule has 0 saturated carbocycles. The smallest absolute Gasteiger partial charge is 0.267 e. The Labute approximate surface area is 194 Å². The minimum absolute atomic E-state index is 0.00137. The van der Waals surface area contributed by atoms with Gasteiger partial charge in [0.05, 0.1) is 34.0 Å². The molecule has 0 radical (unpaired) electrons. The number of aromatic nitrogens is 6. The number of hydrogen-bond donors (Lipinski definition) is 2. The maximum Gasteiger partial charge on any atom is 0.267 e. The third kappa shape index (κ3) is 3.54. The largest absolute Gasteiger partial charge is 0.358 e. The van der Waals surface area contributed by atoms with Gasteiger partial charge in [-0.2, -0.15) is 0 Å². The van der Waals surface area contributed by atoms with Crippen LogP contribution in [-0.4, -0.2) is 29.5 Å². The molecule has 2 aromatic carbocycles. The molecule has 0 aliphatic heterocycles. The number of benzene rings is 2. The van der Waals surface area contributed by atoms with Gasteiger partial charge >= 0.3 is 0 Å². The van der Waals surface area contributed by atoms with Gasteiger partial charge in [0.15, 0.2) is 23.1 Å². The van der Waals surface area contributed by atoms with Gasteiger partial charge in [-0.05, 0) is 30.7 Å². The van der Waals surface area contributed by atoms with E-state index in [9.17, 15) is 18.0 Å². The standard InChI is InChI=1S/C22H15ClF3N7O/c1-2-14(31-20-18-19(28-8-27-18)29-9-30-20)21-32-15-6-5-12(25)17(23)16(15)22(34)33(21)10-3-4-11(24)13(26)7-10/h3-9,14H,2H2,1H3,(H2,27,28,29,30,31)/t14-/m0/s1. The fourth-order valence-electron chi connectivity index (χ4n) is 3.72. The Morgan fingerprint density at radius 2 is 1.88 bits per heavy atom. The third-order valence-electron chi connectivity index (χ3n) is 5.36. The van der Waals surface area contributed by atoms with Crippen LogP contribution in [0.3, 0.4) is 0 Å². The van der Waals surface area contributed by atoms with Crippen molar-refractivity contribution in [2.45, 2.75) is 19.4 Å². The van der Waals surface area contributed by atoms with Crippen molar-refractivity contribution >= 4 is 39.5 Å². The van der Waals surface area contributed by atoms with Crippen molar-refractivity contribution in [1.82, 2.24) is 29.5 Å². The lowest BCUT2D eigenvalue weighted by Crippen LogP contribution is -2.28. The summed E-state index contributed by atoms with van der Waals surface area (Å²) in [5.41, 5.74) is 0.385. The van der Waals surface area contributed by atoms with Gasteiger partial charge in [0, 0.05) is 6.07 Å². The van der Waals surface area contributed by atoms with Crippen LogP contribution in [-0.2, 0) is 0 Å². The molecule has 0 spiro atoms. The minimum atomic E-state index is -1.16. The van der Waals surface area contributed by atoms with E-state index in [2.05, 4.69) is 30.2 Å². The Morgan fingerprint density at radius 3 is 2.65 bits per heavy atom. The Kier molecular flexibility index (Phi) is 5.40. The van der Waals surface area contributed by atoms with Crippen molar-refractivity contribution in [3.05, 3.63) is 81.6 Å². The number of fused-ring (bicyclic) bond motifs is 2. The Morgan fingerprint density at radius 1 is 1.09 bits per heavy atom. The highest BCUT2D eigenvalue weighted by Crippen LogP contribution is 2.29. The fourth-order valence-corrected chi connectivity index (χ4v) is 3.96. The van der Waals surface area contributed by atoms with E-state index in [0.29, 0.717) is 23.4 Å². The first-order valence-electron chi connectivity index (χ1n) is 10.2. The van der Waals surface area contributed by atoms with Crippen LogP contribution in [0.2, 0.25) is 5.02 Å². The number of anilines is 1. The van der Waals surface area contributed by atoms with E-state index in [1.54, 1.807) is 0 Å². The summed E-state index contributed by atoms with van der Waals surface area (Å²) < 4.78 is 43.0. The highest BCUT2D eigenvalue weighted by Gasteiger charge is 2.24. The van der Waals surface area contributed by atoms with E-state index in [1.165, 1.54) is 24.8 Å². The van der Waals surface area contributed by atoms with Crippen LogP contribution in [0.4, 0.5) is 19.0 Å². The number of rotatable bonds is 5. The predicted molar refractivity (Wildman–Crippen MR) is 121 cm³/mol. The van der Waals surface area contributed by atoms with Crippen molar-refractivity contribution < 1.29 is 13.2 Å². The highest BCUT2D eigenvalue weighted by molar-refractivity contribution is 6.35. The second-order valence-corrected chi connectivity index (χ2v) is 7.77. The number of aromatic amines is 1. The van der Waals surface area contributed by atoms with E-state index >= 15 is 0 Å². The second-order valence-electron chi connectivity index (χ2n) is 7.39. The zero-order valence-corrected chi connectivity index (χ0v) is 18.2. The van der Waals surface area contributed by atoms with Crippen LogP contribution in [0.1, 0.15) is 25.2 Å². The van der Waals surface area contributed by atoms with Gasteiger partial charge in [-0.1, -0.05) is 18.5 Å². The number of H-pyrrole nitrogens is 1. The molecule has 0 saturated heterocycles. The molecule has 1 atom stereocenters. The van der Waals surface area contributed by atoms with Crippen LogP contribution in [0, 0.1) is 17.5 Å².